The van der Waals surface area contributed by atoms with Crippen LogP contribution in [0, 0.1) is 6.92 Å². The quantitative estimate of drug-likeness (QED) is 0.890. The van der Waals surface area contributed by atoms with Crippen LogP contribution in [0.2, 0.25) is 0 Å². The highest BCUT2D eigenvalue weighted by molar-refractivity contribution is 5.69. The number of hydrogen-bond donors (Lipinski definition) is 1. The molecule has 2 rings (SSSR count). The van der Waals surface area contributed by atoms with Crippen molar-refractivity contribution in [1.82, 2.24) is 14.9 Å². The van der Waals surface area contributed by atoms with E-state index >= 15 is 0 Å². The molecule has 1 N–H and O–H groups in total. The van der Waals surface area contributed by atoms with Gasteiger partial charge in [-0.2, -0.15) is 0 Å². The van der Waals surface area contributed by atoms with Crippen molar-refractivity contribution in [2.24, 2.45) is 0 Å². The smallest absolute Gasteiger partial charge is 0.317 e. The maximum atomic E-state index is 10.7. The van der Waals surface area contributed by atoms with Crippen molar-refractivity contribution < 1.29 is 9.90 Å². The highest BCUT2D eigenvalue weighted by Crippen LogP contribution is 2.18. The number of piperazine rings is 1. The van der Waals surface area contributed by atoms with Crippen LogP contribution in [0.25, 0.3) is 0 Å². The van der Waals surface area contributed by atoms with Crippen molar-refractivity contribution in [1.29, 1.82) is 0 Å². The largest absolute Gasteiger partial charge is 0.480 e. The summed E-state index contributed by atoms with van der Waals surface area (Å²) in [6.07, 6.45) is 0. The van der Waals surface area contributed by atoms with E-state index in [0.29, 0.717) is 5.92 Å². The van der Waals surface area contributed by atoms with Gasteiger partial charge in [0.15, 0.2) is 0 Å². The fourth-order valence-corrected chi connectivity index (χ4v) is 2.31. The average Bonchev–Trinajstić information content (AvgIpc) is 2.38. The fraction of sp³-hybridized carbons (Fsp3) is 0.643. The lowest BCUT2D eigenvalue weighted by molar-refractivity contribution is -0.138. The summed E-state index contributed by atoms with van der Waals surface area (Å²) in [5.74, 6) is 0.375. The molecule has 0 aromatic carbocycles. The van der Waals surface area contributed by atoms with Gasteiger partial charge in [-0.25, -0.2) is 9.97 Å². The lowest BCUT2D eigenvalue weighted by Crippen LogP contribution is -2.48. The third-order valence-corrected chi connectivity index (χ3v) is 3.47. The summed E-state index contributed by atoms with van der Waals surface area (Å²) in [5.41, 5.74) is 2.03. The third-order valence-electron chi connectivity index (χ3n) is 3.47. The molecule has 0 spiro atoms. The van der Waals surface area contributed by atoms with E-state index in [2.05, 4.69) is 28.7 Å². The van der Waals surface area contributed by atoms with Gasteiger partial charge in [-0.15, -0.1) is 0 Å². The van der Waals surface area contributed by atoms with Crippen LogP contribution in [0.15, 0.2) is 6.07 Å². The van der Waals surface area contributed by atoms with Gasteiger partial charge in [-0.05, 0) is 18.9 Å². The first-order chi connectivity index (χ1) is 9.45. The van der Waals surface area contributed by atoms with Gasteiger partial charge in [0.2, 0.25) is 5.95 Å². The molecule has 0 unspecified atom stereocenters. The molecule has 0 radical (unpaired) electrons. The summed E-state index contributed by atoms with van der Waals surface area (Å²) in [6.45, 7) is 9.36. The summed E-state index contributed by atoms with van der Waals surface area (Å²) in [4.78, 5) is 23.9. The topological polar surface area (TPSA) is 69.6 Å². The molecule has 1 aliphatic heterocycles. The molecule has 1 aromatic heterocycles. The van der Waals surface area contributed by atoms with Gasteiger partial charge < -0.3 is 10.0 Å². The van der Waals surface area contributed by atoms with Crippen LogP contribution >= 0.6 is 0 Å². The van der Waals surface area contributed by atoms with Crippen molar-refractivity contribution in [3.63, 3.8) is 0 Å². The Balaban J connectivity index is 2.05. The minimum atomic E-state index is -0.771. The minimum Gasteiger partial charge on any atom is -0.480 e. The molecule has 0 amide bonds. The molecule has 0 aliphatic carbocycles. The normalized spacial score (nSPS) is 16.7. The Kier molecular flexibility index (Phi) is 4.54. The van der Waals surface area contributed by atoms with Crippen LogP contribution in [0.3, 0.4) is 0 Å². The zero-order valence-corrected chi connectivity index (χ0v) is 12.3. The first kappa shape index (κ1) is 14.7. The second-order valence-electron chi connectivity index (χ2n) is 5.55. The number of aryl methyl sites for hydroxylation is 1. The molecule has 1 aromatic rings. The van der Waals surface area contributed by atoms with E-state index in [-0.39, 0.29) is 6.54 Å². The first-order valence-electron chi connectivity index (χ1n) is 7.00. The van der Waals surface area contributed by atoms with Crippen molar-refractivity contribution >= 4 is 11.9 Å². The van der Waals surface area contributed by atoms with Gasteiger partial charge in [0.1, 0.15) is 0 Å². The molecule has 6 nitrogen and oxygen atoms in total. The highest BCUT2D eigenvalue weighted by atomic mass is 16.4. The molecule has 1 aliphatic rings. The summed E-state index contributed by atoms with van der Waals surface area (Å²) >= 11 is 0. The Hall–Kier alpha value is -1.69. The van der Waals surface area contributed by atoms with Gasteiger partial charge in [0.25, 0.3) is 0 Å². The third kappa shape index (κ3) is 3.66. The second-order valence-corrected chi connectivity index (χ2v) is 5.55. The second kappa shape index (κ2) is 6.17. The van der Waals surface area contributed by atoms with Crippen LogP contribution in [-0.4, -0.2) is 58.7 Å². The number of carboxylic acids is 1. The molecule has 110 valence electrons. The van der Waals surface area contributed by atoms with E-state index < -0.39 is 5.97 Å². The van der Waals surface area contributed by atoms with Crippen LogP contribution < -0.4 is 4.90 Å². The SMILES string of the molecule is Cc1cc(C(C)C)nc(N2CCN(CC(=O)O)CC2)n1. The van der Waals surface area contributed by atoms with E-state index in [1.165, 1.54) is 0 Å². The molecule has 6 heteroatoms. The Labute approximate surface area is 119 Å². The number of carboxylic acid groups (broad SMARTS) is 1. The molecule has 1 fully saturated rings. The standard InChI is InChI=1S/C14H22N4O2/c1-10(2)12-8-11(3)15-14(16-12)18-6-4-17(5-7-18)9-13(19)20/h8,10H,4-7,9H2,1-3H3,(H,19,20). The fourth-order valence-electron chi connectivity index (χ4n) is 2.31. The molecular weight excluding hydrogens is 256 g/mol. The van der Waals surface area contributed by atoms with Gasteiger partial charge in [0.05, 0.1) is 6.54 Å². The molecule has 0 atom stereocenters. The number of aromatic nitrogens is 2. The van der Waals surface area contributed by atoms with Crippen LogP contribution in [0.4, 0.5) is 5.95 Å². The predicted molar refractivity (Wildman–Crippen MR) is 77.1 cm³/mol. The minimum absolute atomic E-state index is 0.111. The van der Waals surface area contributed by atoms with Crippen LogP contribution in [-0.2, 0) is 4.79 Å². The Morgan fingerprint density at radius 1 is 1.30 bits per heavy atom. The lowest BCUT2D eigenvalue weighted by atomic mass is 10.1. The summed E-state index contributed by atoms with van der Waals surface area (Å²) in [6, 6.07) is 2.02. The number of carbonyl (C=O) groups is 1. The Bertz CT molecular complexity index is 482. The molecule has 0 saturated carbocycles. The molecule has 0 bridgehead atoms. The van der Waals surface area contributed by atoms with Gasteiger partial charge in [0, 0.05) is 37.6 Å². The van der Waals surface area contributed by atoms with Gasteiger partial charge in [-0.3, -0.25) is 9.69 Å². The zero-order chi connectivity index (χ0) is 14.7. The van der Waals surface area contributed by atoms with E-state index in [1.54, 1.807) is 0 Å². The van der Waals surface area contributed by atoms with E-state index in [0.717, 1.165) is 43.5 Å². The van der Waals surface area contributed by atoms with Crippen molar-refractivity contribution in [2.75, 3.05) is 37.6 Å². The first-order valence-corrected chi connectivity index (χ1v) is 7.00. The van der Waals surface area contributed by atoms with Gasteiger partial charge in [-0.1, -0.05) is 13.8 Å². The lowest BCUT2D eigenvalue weighted by Gasteiger charge is -2.34. The summed E-state index contributed by atoms with van der Waals surface area (Å²) in [5, 5.41) is 8.80. The molecular formula is C14H22N4O2. The van der Waals surface area contributed by atoms with E-state index in [1.807, 2.05) is 17.9 Å². The molecule has 1 saturated heterocycles. The maximum absolute atomic E-state index is 10.7. The summed E-state index contributed by atoms with van der Waals surface area (Å²) < 4.78 is 0. The zero-order valence-electron chi connectivity index (χ0n) is 12.3. The summed E-state index contributed by atoms with van der Waals surface area (Å²) in [7, 11) is 0. The van der Waals surface area contributed by atoms with E-state index in [4.69, 9.17) is 5.11 Å². The predicted octanol–water partition coefficient (Wildman–Crippen LogP) is 1.12. The number of hydrogen-bond acceptors (Lipinski definition) is 5. The van der Waals surface area contributed by atoms with Crippen LogP contribution in [0.5, 0.6) is 0 Å². The number of aliphatic carboxylic acids is 1. The van der Waals surface area contributed by atoms with Crippen molar-refractivity contribution in [2.45, 2.75) is 26.7 Å². The average molecular weight is 278 g/mol. The Morgan fingerprint density at radius 2 is 1.95 bits per heavy atom. The number of rotatable bonds is 4. The van der Waals surface area contributed by atoms with Gasteiger partial charge >= 0.3 is 5.97 Å². The number of nitrogens with zero attached hydrogens (tertiary/aromatic N) is 4. The molecule has 2 heterocycles. The van der Waals surface area contributed by atoms with Crippen molar-refractivity contribution in [3.05, 3.63) is 17.5 Å². The highest BCUT2D eigenvalue weighted by Gasteiger charge is 2.21. The monoisotopic (exact) mass is 278 g/mol. The van der Waals surface area contributed by atoms with Crippen molar-refractivity contribution in [3.8, 4) is 0 Å². The van der Waals surface area contributed by atoms with E-state index in [9.17, 15) is 4.79 Å². The molecule has 20 heavy (non-hydrogen) atoms. The number of anilines is 1. The Morgan fingerprint density at radius 3 is 2.50 bits per heavy atom. The maximum Gasteiger partial charge on any atom is 0.317 e. The van der Waals surface area contributed by atoms with Crippen LogP contribution in [0.1, 0.15) is 31.2 Å².